The lowest BCUT2D eigenvalue weighted by atomic mass is 10.2. The summed E-state index contributed by atoms with van der Waals surface area (Å²) in [6.07, 6.45) is 8.57. The van der Waals surface area contributed by atoms with Crippen molar-refractivity contribution in [3.05, 3.63) is 61.2 Å². The molecule has 134 valence electrons. The van der Waals surface area contributed by atoms with Crippen molar-refractivity contribution in [1.29, 1.82) is 0 Å². The van der Waals surface area contributed by atoms with Crippen LogP contribution in [0.3, 0.4) is 0 Å². The van der Waals surface area contributed by atoms with Gasteiger partial charge in [-0.25, -0.2) is 18.1 Å². The number of imidazole rings is 1. The van der Waals surface area contributed by atoms with Crippen molar-refractivity contribution in [1.82, 2.24) is 19.6 Å². The molecule has 0 saturated heterocycles. The Morgan fingerprint density at radius 1 is 1.32 bits per heavy atom. The Morgan fingerprint density at radius 3 is 2.88 bits per heavy atom. The highest BCUT2D eigenvalue weighted by Gasteiger charge is 2.15. The van der Waals surface area contributed by atoms with Gasteiger partial charge in [0.1, 0.15) is 0 Å². The molecule has 0 saturated carbocycles. The molecule has 1 heterocycles. The van der Waals surface area contributed by atoms with Crippen LogP contribution >= 0.6 is 0 Å². The minimum absolute atomic E-state index is 0.0575. The van der Waals surface area contributed by atoms with Gasteiger partial charge in [-0.2, -0.15) is 0 Å². The fourth-order valence-electron chi connectivity index (χ4n) is 2.20. The Labute approximate surface area is 147 Å². The first-order valence-electron chi connectivity index (χ1n) is 7.97. The zero-order valence-electron chi connectivity index (χ0n) is 13.9. The number of amides is 1. The highest BCUT2D eigenvalue weighted by molar-refractivity contribution is 7.89. The van der Waals surface area contributed by atoms with Crippen molar-refractivity contribution in [3.63, 3.8) is 0 Å². The van der Waals surface area contributed by atoms with Gasteiger partial charge in [0.2, 0.25) is 10.0 Å². The topological polar surface area (TPSA) is 93.1 Å². The van der Waals surface area contributed by atoms with Gasteiger partial charge in [-0.05, 0) is 31.0 Å². The lowest BCUT2D eigenvalue weighted by molar-refractivity contribution is 0.0952. The number of sulfonamides is 1. The number of hydrogen-bond acceptors (Lipinski definition) is 4. The second-order valence-electron chi connectivity index (χ2n) is 5.43. The average molecular weight is 362 g/mol. The number of aromatic nitrogens is 2. The number of benzene rings is 1. The molecule has 7 nitrogen and oxygen atoms in total. The van der Waals surface area contributed by atoms with E-state index < -0.39 is 10.0 Å². The molecule has 8 heteroatoms. The van der Waals surface area contributed by atoms with Gasteiger partial charge in [0.25, 0.3) is 5.91 Å². The highest BCUT2D eigenvalue weighted by Crippen LogP contribution is 2.11. The van der Waals surface area contributed by atoms with Gasteiger partial charge in [0.05, 0.1) is 11.2 Å². The van der Waals surface area contributed by atoms with Crippen molar-refractivity contribution in [3.8, 4) is 0 Å². The third-order valence-corrected chi connectivity index (χ3v) is 4.93. The summed E-state index contributed by atoms with van der Waals surface area (Å²) >= 11 is 0. The summed E-state index contributed by atoms with van der Waals surface area (Å²) in [5.41, 5.74) is 0.316. The molecule has 0 atom stereocenters. The first kappa shape index (κ1) is 18.9. The molecule has 25 heavy (non-hydrogen) atoms. The fourth-order valence-corrected chi connectivity index (χ4v) is 3.24. The molecule has 1 amide bonds. The predicted octanol–water partition coefficient (Wildman–Crippen LogP) is 1.56. The summed E-state index contributed by atoms with van der Waals surface area (Å²) < 4.78 is 28.5. The molecular weight excluding hydrogens is 340 g/mol. The van der Waals surface area contributed by atoms with E-state index in [2.05, 4.69) is 21.6 Å². The minimum Gasteiger partial charge on any atom is -0.352 e. The van der Waals surface area contributed by atoms with Crippen molar-refractivity contribution >= 4 is 15.9 Å². The van der Waals surface area contributed by atoms with E-state index in [9.17, 15) is 13.2 Å². The van der Waals surface area contributed by atoms with E-state index in [1.807, 2.05) is 10.8 Å². The number of aryl methyl sites for hydroxylation is 1. The zero-order valence-corrected chi connectivity index (χ0v) is 14.7. The number of nitrogens with zero attached hydrogens (tertiary/aromatic N) is 2. The molecule has 2 N–H and O–H groups in total. The van der Waals surface area contributed by atoms with E-state index in [0.717, 1.165) is 19.4 Å². The normalized spacial score (nSPS) is 11.2. The molecule has 1 aromatic heterocycles. The van der Waals surface area contributed by atoms with Crippen LogP contribution in [0.2, 0.25) is 0 Å². The van der Waals surface area contributed by atoms with Gasteiger partial charge in [-0.15, -0.1) is 6.58 Å². The molecule has 0 aliphatic rings. The molecule has 0 aliphatic carbocycles. The summed E-state index contributed by atoms with van der Waals surface area (Å²) in [5, 5.41) is 2.81. The van der Waals surface area contributed by atoms with E-state index in [1.165, 1.54) is 18.2 Å². The number of nitrogens with one attached hydrogen (secondary N) is 2. The van der Waals surface area contributed by atoms with Gasteiger partial charge >= 0.3 is 0 Å². The first-order valence-corrected chi connectivity index (χ1v) is 9.46. The number of carbonyl (C=O) groups is 1. The predicted molar refractivity (Wildman–Crippen MR) is 95.6 cm³/mol. The van der Waals surface area contributed by atoms with Crippen LogP contribution in [0.4, 0.5) is 0 Å². The number of hydrogen-bond donors (Lipinski definition) is 2. The molecule has 0 radical (unpaired) electrons. The number of unbranched alkanes of at least 4 members (excludes halogenated alkanes) is 1. The Bertz CT molecular complexity index is 801. The highest BCUT2D eigenvalue weighted by atomic mass is 32.2. The summed E-state index contributed by atoms with van der Waals surface area (Å²) in [6, 6.07) is 5.96. The van der Waals surface area contributed by atoms with E-state index in [-0.39, 0.29) is 17.3 Å². The van der Waals surface area contributed by atoms with E-state index in [1.54, 1.807) is 24.7 Å². The molecule has 0 bridgehead atoms. The SMILES string of the molecule is C=CCNS(=O)(=O)c1cccc(C(=O)NCCCCn2ccnc2)c1. The average Bonchev–Trinajstić information content (AvgIpc) is 3.13. The number of rotatable bonds is 10. The van der Waals surface area contributed by atoms with Crippen molar-refractivity contribution in [2.75, 3.05) is 13.1 Å². The smallest absolute Gasteiger partial charge is 0.251 e. The maximum atomic E-state index is 12.2. The first-order chi connectivity index (χ1) is 12.0. The van der Waals surface area contributed by atoms with Gasteiger partial charge in [0.15, 0.2) is 0 Å². The van der Waals surface area contributed by atoms with Crippen LogP contribution in [0.15, 0.2) is 60.5 Å². The van der Waals surface area contributed by atoms with Crippen LogP contribution in [-0.2, 0) is 16.6 Å². The second kappa shape index (κ2) is 9.14. The standard InChI is InChI=1S/C17H22N4O3S/c1-2-8-20-25(23,24)16-7-5-6-15(13-16)17(22)19-9-3-4-11-21-12-10-18-14-21/h2,5-7,10,12-14,20H,1,3-4,8-9,11H2,(H,19,22). The zero-order chi connectivity index (χ0) is 18.1. The molecule has 0 fully saturated rings. The second-order valence-corrected chi connectivity index (χ2v) is 7.20. The Balaban J connectivity index is 1.85. The lowest BCUT2D eigenvalue weighted by Crippen LogP contribution is -2.26. The van der Waals surface area contributed by atoms with E-state index in [4.69, 9.17) is 0 Å². The molecule has 2 rings (SSSR count). The van der Waals surface area contributed by atoms with E-state index in [0.29, 0.717) is 12.1 Å². The summed E-state index contributed by atoms with van der Waals surface area (Å²) in [4.78, 5) is 16.2. The van der Waals surface area contributed by atoms with Crippen LogP contribution in [0.1, 0.15) is 23.2 Å². The fraction of sp³-hybridized carbons (Fsp3) is 0.294. The monoisotopic (exact) mass is 362 g/mol. The van der Waals surface area contributed by atoms with Crippen molar-refractivity contribution in [2.45, 2.75) is 24.3 Å². The van der Waals surface area contributed by atoms with Crippen LogP contribution in [0.25, 0.3) is 0 Å². The van der Waals surface area contributed by atoms with Crippen molar-refractivity contribution in [2.24, 2.45) is 0 Å². The Kier molecular flexibility index (Phi) is 6.91. The summed E-state index contributed by atoms with van der Waals surface area (Å²) in [7, 11) is -3.64. The largest absolute Gasteiger partial charge is 0.352 e. The maximum Gasteiger partial charge on any atom is 0.251 e. The minimum atomic E-state index is -3.64. The third kappa shape index (κ3) is 5.84. The third-order valence-electron chi connectivity index (χ3n) is 3.51. The Hall–Kier alpha value is -2.45. The molecule has 0 aliphatic heterocycles. The Morgan fingerprint density at radius 2 is 2.16 bits per heavy atom. The molecule has 1 aromatic carbocycles. The molecule has 0 spiro atoms. The van der Waals surface area contributed by atoms with Gasteiger partial charge in [-0.3, -0.25) is 4.79 Å². The van der Waals surface area contributed by atoms with Crippen LogP contribution < -0.4 is 10.0 Å². The van der Waals surface area contributed by atoms with Crippen LogP contribution in [-0.4, -0.2) is 37.0 Å². The number of carbonyl (C=O) groups excluding carboxylic acids is 1. The lowest BCUT2D eigenvalue weighted by Gasteiger charge is -2.08. The van der Waals surface area contributed by atoms with Crippen molar-refractivity contribution < 1.29 is 13.2 Å². The molecule has 2 aromatic rings. The summed E-state index contributed by atoms with van der Waals surface area (Å²) in [6.45, 7) is 4.98. The van der Waals surface area contributed by atoms with Crippen LogP contribution in [0.5, 0.6) is 0 Å². The van der Waals surface area contributed by atoms with Gasteiger partial charge in [0, 0.05) is 37.6 Å². The maximum absolute atomic E-state index is 12.2. The van der Waals surface area contributed by atoms with Gasteiger partial charge in [-0.1, -0.05) is 12.1 Å². The summed E-state index contributed by atoms with van der Waals surface area (Å²) in [5.74, 6) is -0.289. The molecular formula is C17H22N4O3S. The van der Waals surface area contributed by atoms with E-state index >= 15 is 0 Å². The molecule has 0 unspecified atom stereocenters. The van der Waals surface area contributed by atoms with Gasteiger partial charge < -0.3 is 9.88 Å². The quantitative estimate of drug-likeness (QED) is 0.495. The van der Waals surface area contributed by atoms with Crippen LogP contribution in [0, 0.1) is 0 Å².